The average Bonchev–Trinajstić information content (AvgIpc) is 2.39. The van der Waals surface area contributed by atoms with Crippen LogP contribution >= 0.6 is 0 Å². The monoisotopic (exact) mass is 190 g/mol. The van der Waals surface area contributed by atoms with Crippen LogP contribution in [0.5, 0.6) is 0 Å². The molecular weight excluding hydrogens is 172 g/mol. The number of hydrogen-bond donors (Lipinski definition) is 0. The molecule has 0 aliphatic carbocycles. The Morgan fingerprint density at radius 1 is 1.15 bits per heavy atom. The molecule has 0 N–H and O–H groups in total. The van der Waals surface area contributed by atoms with Crippen molar-refractivity contribution in [2.24, 2.45) is 0 Å². The Balaban J connectivity index is 2.82. The van der Waals surface area contributed by atoms with Gasteiger partial charge in [0.05, 0.1) is 6.10 Å². The van der Waals surface area contributed by atoms with Gasteiger partial charge in [0.1, 0.15) is 11.7 Å². The van der Waals surface area contributed by atoms with Crippen LogP contribution in [0.3, 0.4) is 0 Å². The van der Waals surface area contributed by atoms with Crippen molar-refractivity contribution in [3.05, 3.63) is 0 Å². The van der Waals surface area contributed by atoms with Gasteiger partial charge >= 0.3 is 0 Å². The van der Waals surface area contributed by atoms with Crippen LogP contribution in [0.2, 0.25) is 0 Å². The molecule has 1 saturated heterocycles. The summed E-state index contributed by atoms with van der Waals surface area (Å²) in [6.45, 7) is 3.92. The maximum absolute atomic E-state index is 5.55. The molecule has 1 unspecified atom stereocenters. The normalized spacial score (nSPS) is 45.5. The first-order valence-corrected chi connectivity index (χ1v) is 4.36. The summed E-state index contributed by atoms with van der Waals surface area (Å²) < 4.78 is 21.4. The largest absolute Gasteiger partial charge is 0.373 e. The number of ether oxygens (including phenoxy) is 4. The molecule has 78 valence electrons. The summed E-state index contributed by atoms with van der Waals surface area (Å²) >= 11 is 0. The predicted molar refractivity (Wildman–Crippen MR) is 47.6 cm³/mol. The lowest BCUT2D eigenvalue weighted by Gasteiger charge is -2.31. The van der Waals surface area contributed by atoms with E-state index in [2.05, 4.69) is 0 Å². The number of hydrogen-bond acceptors (Lipinski definition) is 4. The van der Waals surface area contributed by atoms with Crippen molar-refractivity contribution in [1.29, 1.82) is 0 Å². The molecule has 0 aromatic carbocycles. The van der Waals surface area contributed by atoms with Gasteiger partial charge < -0.3 is 18.9 Å². The van der Waals surface area contributed by atoms with E-state index in [0.717, 1.165) is 0 Å². The molecule has 13 heavy (non-hydrogen) atoms. The zero-order valence-corrected chi connectivity index (χ0v) is 8.87. The molecule has 0 spiro atoms. The van der Waals surface area contributed by atoms with Gasteiger partial charge in [-0.25, -0.2) is 0 Å². The van der Waals surface area contributed by atoms with E-state index in [9.17, 15) is 0 Å². The average molecular weight is 190 g/mol. The van der Waals surface area contributed by atoms with Crippen LogP contribution in [0, 0.1) is 0 Å². The number of methoxy groups -OCH3 is 3. The molecule has 4 atom stereocenters. The van der Waals surface area contributed by atoms with Crippen molar-refractivity contribution in [2.75, 3.05) is 21.3 Å². The molecule has 1 rings (SSSR count). The van der Waals surface area contributed by atoms with Crippen molar-refractivity contribution in [1.82, 2.24) is 0 Å². The minimum Gasteiger partial charge on any atom is -0.373 e. The summed E-state index contributed by atoms with van der Waals surface area (Å²) in [5.41, 5.74) is -0.435. The quantitative estimate of drug-likeness (QED) is 0.659. The standard InChI is InChI=1S/C9H18O4/c1-6-9(2,12-5)7(10-3)8(11-4)13-6/h6-8H,1-5H3/t6-,7+,8?,9-/m1/s1. The van der Waals surface area contributed by atoms with Crippen molar-refractivity contribution in [3.8, 4) is 0 Å². The van der Waals surface area contributed by atoms with E-state index in [-0.39, 0.29) is 18.5 Å². The van der Waals surface area contributed by atoms with Crippen LogP contribution in [0.15, 0.2) is 0 Å². The molecule has 0 saturated carbocycles. The summed E-state index contributed by atoms with van der Waals surface area (Å²) in [5, 5.41) is 0. The molecule has 0 aromatic rings. The molecule has 1 fully saturated rings. The van der Waals surface area contributed by atoms with Crippen molar-refractivity contribution in [3.63, 3.8) is 0 Å². The van der Waals surface area contributed by atoms with Gasteiger partial charge in [-0.2, -0.15) is 0 Å². The van der Waals surface area contributed by atoms with Gasteiger partial charge in [0, 0.05) is 21.3 Å². The third-order valence-corrected chi connectivity index (χ3v) is 2.88. The molecule has 0 radical (unpaired) electrons. The molecular formula is C9H18O4. The molecule has 0 bridgehead atoms. The van der Waals surface area contributed by atoms with E-state index in [4.69, 9.17) is 18.9 Å². The highest BCUT2D eigenvalue weighted by Crippen LogP contribution is 2.35. The zero-order chi connectivity index (χ0) is 10.1. The van der Waals surface area contributed by atoms with Crippen molar-refractivity contribution < 1.29 is 18.9 Å². The summed E-state index contributed by atoms with van der Waals surface area (Å²) in [5.74, 6) is 0. The molecule has 4 heteroatoms. The van der Waals surface area contributed by atoms with Gasteiger partial charge in [-0.3, -0.25) is 0 Å². The summed E-state index contributed by atoms with van der Waals surface area (Å²) in [6.07, 6.45) is -0.560. The third kappa shape index (κ3) is 1.59. The van der Waals surface area contributed by atoms with Gasteiger partial charge in [0.2, 0.25) is 0 Å². The second-order valence-electron chi connectivity index (χ2n) is 3.43. The summed E-state index contributed by atoms with van der Waals surface area (Å²) in [4.78, 5) is 0. The molecule has 4 nitrogen and oxygen atoms in total. The summed E-state index contributed by atoms with van der Waals surface area (Å²) in [7, 11) is 4.89. The van der Waals surface area contributed by atoms with Gasteiger partial charge in [-0.15, -0.1) is 0 Å². The Morgan fingerprint density at radius 2 is 1.77 bits per heavy atom. The van der Waals surface area contributed by atoms with E-state index >= 15 is 0 Å². The summed E-state index contributed by atoms with van der Waals surface area (Å²) in [6, 6.07) is 0. The minimum atomic E-state index is -0.435. The van der Waals surface area contributed by atoms with Crippen molar-refractivity contribution >= 4 is 0 Å². The Labute approximate surface area is 79.1 Å². The fraction of sp³-hybridized carbons (Fsp3) is 1.00. The second-order valence-corrected chi connectivity index (χ2v) is 3.43. The first-order chi connectivity index (χ1) is 6.10. The maximum atomic E-state index is 5.55. The first kappa shape index (κ1) is 10.9. The topological polar surface area (TPSA) is 36.9 Å². The van der Waals surface area contributed by atoms with Crippen LogP contribution < -0.4 is 0 Å². The fourth-order valence-electron chi connectivity index (χ4n) is 1.72. The van der Waals surface area contributed by atoms with Crippen LogP contribution in [0.1, 0.15) is 13.8 Å². The van der Waals surface area contributed by atoms with E-state index in [1.807, 2.05) is 13.8 Å². The minimum absolute atomic E-state index is 0.0348. The van der Waals surface area contributed by atoms with Gasteiger partial charge in [-0.1, -0.05) is 0 Å². The lowest BCUT2D eigenvalue weighted by Crippen LogP contribution is -2.47. The highest BCUT2D eigenvalue weighted by atomic mass is 16.7. The predicted octanol–water partition coefficient (Wildman–Crippen LogP) is 0.798. The fourth-order valence-corrected chi connectivity index (χ4v) is 1.72. The molecule has 0 amide bonds. The van der Waals surface area contributed by atoms with Gasteiger partial charge in [-0.05, 0) is 13.8 Å². The van der Waals surface area contributed by atoms with Crippen LogP contribution in [-0.4, -0.2) is 45.4 Å². The first-order valence-electron chi connectivity index (χ1n) is 4.36. The highest BCUT2D eigenvalue weighted by Gasteiger charge is 2.53. The second kappa shape index (κ2) is 3.92. The van der Waals surface area contributed by atoms with Gasteiger partial charge in [0.25, 0.3) is 0 Å². The SMILES string of the molecule is COC1O[C@H](C)[C@@](C)(OC)[C@H]1OC. The van der Waals surface area contributed by atoms with Gasteiger partial charge in [0.15, 0.2) is 6.29 Å². The van der Waals surface area contributed by atoms with Crippen molar-refractivity contribution in [2.45, 2.75) is 37.9 Å². The van der Waals surface area contributed by atoms with E-state index in [0.29, 0.717) is 0 Å². The highest BCUT2D eigenvalue weighted by molar-refractivity contribution is 4.98. The van der Waals surface area contributed by atoms with E-state index in [1.54, 1.807) is 21.3 Å². The maximum Gasteiger partial charge on any atom is 0.186 e. The zero-order valence-electron chi connectivity index (χ0n) is 8.87. The Morgan fingerprint density at radius 3 is 2.15 bits per heavy atom. The van der Waals surface area contributed by atoms with Crippen LogP contribution in [-0.2, 0) is 18.9 Å². The van der Waals surface area contributed by atoms with Crippen LogP contribution in [0.4, 0.5) is 0 Å². The lowest BCUT2D eigenvalue weighted by molar-refractivity contribution is -0.157. The Kier molecular flexibility index (Phi) is 3.29. The smallest absolute Gasteiger partial charge is 0.186 e. The third-order valence-electron chi connectivity index (χ3n) is 2.88. The van der Waals surface area contributed by atoms with E-state index in [1.165, 1.54) is 0 Å². The molecule has 1 aliphatic rings. The Bertz CT molecular complexity index is 173. The lowest BCUT2D eigenvalue weighted by atomic mass is 9.95. The van der Waals surface area contributed by atoms with Crippen LogP contribution in [0.25, 0.3) is 0 Å². The van der Waals surface area contributed by atoms with E-state index < -0.39 is 5.60 Å². The molecule has 1 aliphatic heterocycles. The molecule has 1 heterocycles. The number of rotatable bonds is 3. The molecule has 0 aromatic heterocycles. The Hall–Kier alpha value is -0.160.